The predicted octanol–water partition coefficient (Wildman–Crippen LogP) is 1.73. The Morgan fingerprint density at radius 3 is 2.68 bits per heavy atom. The normalized spacial score (nSPS) is 17.1. The molecule has 0 radical (unpaired) electrons. The molecule has 22 heavy (non-hydrogen) atoms. The van der Waals surface area contributed by atoms with Crippen LogP contribution < -0.4 is 16.4 Å². The maximum atomic E-state index is 12.4. The average Bonchev–Trinajstić information content (AvgIpc) is 3.01. The lowest BCUT2D eigenvalue weighted by Gasteiger charge is -2.31. The highest BCUT2D eigenvalue weighted by atomic mass is 16.4. The summed E-state index contributed by atoms with van der Waals surface area (Å²) in [6, 6.07) is 10.0. The molecule has 1 aliphatic rings. The third-order valence-corrected chi connectivity index (χ3v) is 4.06. The Kier molecular flexibility index (Phi) is 4.39. The van der Waals surface area contributed by atoms with E-state index in [0.29, 0.717) is 5.92 Å². The Hall–Kier alpha value is -2.34. The molecule has 1 aromatic heterocycles. The van der Waals surface area contributed by atoms with E-state index >= 15 is 0 Å². The van der Waals surface area contributed by atoms with E-state index in [9.17, 15) is 4.79 Å². The number of hydrogen-bond acceptors (Lipinski definition) is 5. The quantitative estimate of drug-likeness (QED) is 0.799. The highest BCUT2D eigenvalue weighted by molar-refractivity contribution is 5.92. The van der Waals surface area contributed by atoms with Crippen LogP contribution in [-0.4, -0.2) is 24.0 Å². The first kappa shape index (κ1) is 14.6. The number of hydrogen-bond donors (Lipinski definition) is 3. The van der Waals surface area contributed by atoms with E-state index in [1.165, 1.54) is 6.26 Å². The van der Waals surface area contributed by atoms with Crippen LogP contribution in [0.2, 0.25) is 0 Å². The van der Waals surface area contributed by atoms with E-state index in [2.05, 4.69) is 15.6 Å². The molecule has 0 saturated carbocycles. The van der Waals surface area contributed by atoms with Gasteiger partial charge in [0.05, 0.1) is 6.04 Å². The van der Waals surface area contributed by atoms with Crippen LogP contribution in [0.4, 0.5) is 6.01 Å². The summed E-state index contributed by atoms with van der Waals surface area (Å²) in [4.78, 5) is 16.3. The topological polar surface area (TPSA) is 93.2 Å². The third-order valence-electron chi connectivity index (χ3n) is 4.06. The van der Waals surface area contributed by atoms with Gasteiger partial charge in [-0.15, -0.1) is 0 Å². The van der Waals surface area contributed by atoms with Crippen molar-refractivity contribution in [1.29, 1.82) is 0 Å². The molecule has 116 valence electrons. The van der Waals surface area contributed by atoms with Gasteiger partial charge in [-0.3, -0.25) is 4.79 Å². The second-order valence-corrected chi connectivity index (χ2v) is 5.52. The van der Waals surface area contributed by atoms with E-state index in [1.807, 2.05) is 30.3 Å². The third kappa shape index (κ3) is 3.28. The fraction of sp³-hybridized carbons (Fsp3) is 0.375. The Morgan fingerprint density at radius 1 is 1.32 bits per heavy atom. The van der Waals surface area contributed by atoms with Gasteiger partial charge in [-0.05, 0) is 37.4 Å². The summed E-state index contributed by atoms with van der Waals surface area (Å²) < 4.78 is 4.91. The van der Waals surface area contributed by atoms with E-state index in [4.69, 9.17) is 10.2 Å². The predicted molar refractivity (Wildman–Crippen MR) is 83.2 cm³/mol. The summed E-state index contributed by atoms with van der Waals surface area (Å²) in [7, 11) is 0. The van der Waals surface area contributed by atoms with Gasteiger partial charge >= 0.3 is 0 Å². The van der Waals surface area contributed by atoms with Crippen LogP contribution in [0.1, 0.15) is 34.9 Å². The molecular formula is C16H20N4O2. The summed E-state index contributed by atoms with van der Waals surface area (Å²) in [5.74, 6) is 0.143. The van der Waals surface area contributed by atoms with Gasteiger partial charge in [0.2, 0.25) is 0 Å². The maximum absolute atomic E-state index is 12.4. The van der Waals surface area contributed by atoms with Gasteiger partial charge in [0.25, 0.3) is 11.9 Å². The van der Waals surface area contributed by atoms with Crippen molar-refractivity contribution in [2.45, 2.75) is 18.9 Å². The number of nitrogens with zero attached hydrogens (tertiary/aromatic N) is 1. The van der Waals surface area contributed by atoms with Crippen LogP contribution in [0.25, 0.3) is 0 Å². The van der Waals surface area contributed by atoms with Gasteiger partial charge < -0.3 is 20.8 Å². The molecule has 0 spiro atoms. The lowest BCUT2D eigenvalue weighted by Crippen LogP contribution is -2.39. The highest BCUT2D eigenvalue weighted by Crippen LogP contribution is 2.29. The van der Waals surface area contributed by atoms with Gasteiger partial charge in [-0.1, -0.05) is 30.3 Å². The largest absolute Gasteiger partial charge is 0.431 e. The van der Waals surface area contributed by atoms with Crippen molar-refractivity contribution in [1.82, 2.24) is 15.6 Å². The minimum atomic E-state index is -0.257. The molecule has 1 aromatic carbocycles. The van der Waals surface area contributed by atoms with Crippen molar-refractivity contribution >= 4 is 11.9 Å². The van der Waals surface area contributed by atoms with Crippen LogP contribution >= 0.6 is 0 Å². The smallest absolute Gasteiger partial charge is 0.292 e. The number of nitrogens with one attached hydrogen (secondary N) is 2. The van der Waals surface area contributed by atoms with Crippen molar-refractivity contribution in [3.05, 3.63) is 47.9 Å². The summed E-state index contributed by atoms with van der Waals surface area (Å²) in [5.41, 5.74) is 6.76. The molecule has 2 heterocycles. The van der Waals surface area contributed by atoms with Crippen LogP contribution in [0, 0.1) is 5.92 Å². The van der Waals surface area contributed by atoms with E-state index in [0.717, 1.165) is 31.5 Å². The molecule has 1 unspecified atom stereocenters. The molecule has 0 bridgehead atoms. The molecule has 0 aliphatic carbocycles. The Labute approximate surface area is 129 Å². The molecule has 1 fully saturated rings. The Bertz CT molecular complexity index is 620. The number of rotatable bonds is 4. The zero-order valence-electron chi connectivity index (χ0n) is 12.3. The van der Waals surface area contributed by atoms with Gasteiger partial charge in [-0.25, -0.2) is 0 Å². The van der Waals surface area contributed by atoms with Crippen LogP contribution in [-0.2, 0) is 0 Å². The molecule has 2 aromatic rings. The number of carbonyl (C=O) groups excluding carboxylic acids is 1. The number of amides is 1. The van der Waals surface area contributed by atoms with Gasteiger partial charge in [0, 0.05) is 0 Å². The van der Waals surface area contributed by atoms with Gasteiger partial charge in [0.15, 0.2) is 5.69 Å². The molecule has 1 saturated heterocycles. The number of nitrogen functional groups attached to an aromatic ring is 1. The number of nitrogens with two attached hydrogens (primary N) is 1. The Balaban J connectivity index is 1.80. The van der Waals surface area contributed by atoms with Crippen LogP contribution in [0.3, 0.4) is 0 Å². The number of aromatic nitrogens is 1. The summed E-state index contributed by atoms with van der Waals surface area (Å²) in [5, 5.41) is 6.44. The first-order valence-electron chi connectivity index (χ1n) is 7.51. The number of anilines is 1. The minimum absolute atomic E-state index is 0.00303. The van der Waals surface area contributed by atoms with Crippen molar-refractivity contribution in [2.24, 2.45) is 5.92 Å². The summed E-state index contributed by atoms with van der Waals surface area (Å²) in [6.45, 7) is 1.95. The highest BCUT2D eigenvalue weighted by Gasteiger charge is 2.27. The molecule has 1 amide bonds. The standard InChI is InChI=1S/C16H20N4O2/c17-16-19-13(10-22-16)15(21)20-14(11-4-2-1-3-5-11)12-6-8-18-9-7-12/h1-5,10,12,14,18H,6-9H2,(H2,17,19)(H,20,21). The van der Waals surface area contributed by atoms with Gasteiger partial charge in [-0.2, -0.15) is 4.98 Å². The van der Waals surface area contributed by atoms with Crippen molar-refractivity contribution < 1.29 is 9.21 Å². The lowest BCUT2D eigenvalue weighted by molar-refractivity contribution is 0.0909. The first-order chi connectivity index (χ1) is 10.7. The zero-order chi connectivity index (χ0) is 15.4. The van der Waals surface area contributed by atoms with E-state index in [1.54, 1.807) is 0 Å². The summed E-state index contributed by atoms with van der Waals surface area (Å²) in [6.07, 6.45) is 3.34. The number of oxazole rings is 1. The monoisotopic (exact) mass is 300 g/mol. The van der Waals surface area contributed by atoms with Crippen molar-refractivity contribution in [2.75, 3.05) is 18.8 Å². The molecule has 4 N–H and O–H groups in total. The second kappa shape index (κ2) is 6.62. The summed E-state index contributed by atoms with van der Waals surface area (Å²) >= 11 is 0. The molecule has 1 atom stereocenters. The number of benzene rings is 1. The SMILES string of the molecule is Nc1nc(C(=O)NC(c2ccccc2)C2CCNCC2)co1. The fourth-order valence-electron chi connectivity index (χ4n) is 2.92. The lowest BCUT2D eigenvalue weighted by atomic mass is 9.86. The fourth-order valence-corrected chi connectivity index (χ4v) is 2.92. The van der Waals surface area contributed by atoms with E-state index in [-0.39, 0.29) is 23.7 Å². The maximum Gasteiger partial charge on any atom is 0.292 e. The van der Waals surface area contributed by atoms with Crippen LogP contribution in [0.5, 0.6) is 0 Å². The van der Waals surface area contributed by atoms with Crippen molar-refractivity contribution in [3.63, 3.8) is 0 Å². The molecule has 1 aliphatic heterocycles. The molecule has 6 nitrogen and oxygen atoms in total. The average molecular weight is 300 g/mol. The number of carbonyl (C=O) groups is 1. The Morgan fingerprint density at radius 2 is 2.05 bits per heavy atom. The molecule has 6 heteroatoms. The molecule has 3 rings (SSSR count). The van der Waals surface area contributed by atoms with Crippen molar-refractivity contribution in [3.8, 4) is 0 Å². The number of piperidine rings is 1. The van der Waals surface area contributed by atoms with Gasteiger partial charge in [0.1, 0.15) is 6.26 Å². The molecular weight excluding hydrogens is 280 g/mol. The first-order valence-corrected chi connectivity index (χ1v) is 7.51. The van der Waals surface area contributed by atoms with E-state index < -0.39 is 0 Å². The van der Waals surface area contributed by atoms with Crippen LogP contribution in [0.15, 0.2) is 41.0 Å². The minimum Gasteiger partial charge on any atom is -0.431 e. The zero-order valence-corrected chi connectivity index (χ0v) is 12.3. The second-order valence-electron chi connectivity index (χ2n) is 5.52.